The Morgan fingerprint density at radius 2 is 1.82 bits per heavy atom. The molecule has 1 atom stereocenters. The van der Waals surface area contributed by atoms with Gasteiger partial charge in [-0.15, -0.1) is 0 Å². The van der Waals surface area contributed by atoms with Crippen molar-refractivity contribution in [3.05, 3.63) is 0 Å². The summed E-state index contributed by atoms with van der Waals surface area (Å²) in [5.41, 5.74) is 5.31. The molecule has 1 saturated heterocycles. The van der Waals surface area contributed by atoms with Gasteiger partial charge in [0.2, 0.25) is 29.1 Å². The third kappa shape index (κ3) is 7.42. The summed E-state index contributed by atoms with van der Waals surface area (Å²) in [7, 11) is -2.13. The van der Waals surface area contributed by atoms with Crippen molar-refractivity contribution in [2.24, 2.45) is 5.73 Å². The van der Waals surface area contributed by atoms with Crippen LogP contribution >= 0.6 is 0 Å². The molecule has 157 valence electrons. The Balaban J connectivity index is 1.44. The summed E-state index contributed by atoms with van der Waals surface area (Å²) in [4.78, 5) is 36.6. The van der Waals surface area contributed by atoms with E-state index in [1.165, 1.54) is 7.28 Å². The summed E-state index contributed by atoms with van der Waals surface area (Å²) < 4.78 is 30.7. The topological polar surface area (TPSA) is 136 Å². The van der Waals surface area contributed by atoms with Gasteiger partial charge in [0, 0.05) is 26.2 Å². The first-order chi connectivity index (χ1) is 13.3. The fourth-order valence-electron chi connectivity index (χ4n) is 3.16. The van der Waals surface area contributed by atoms with Gasteiger partial charge in [-0.3, -0.25) is 19.1 Å². The smallest absolute Gasteiger partial charge is 0.240 e. The molecule has 3 N–H and O–H groups in total. The van der Waals surface area contributed by atoms with Crippen LogP contribution in [0.2, 0.25) is 6.32 Å². The standard InChI is InChI=1S/C17H29BN3O6S/c19-16(23)14-5-3-10-21(14)15(22)6-4-12-27-11-2-1-9-18-17(24)20-28(25,26)13-7-8-13/h13-14H,1-12H2,(H2,19,23)(H,20,24)/t14-/m0/s1. The highest BCUT2D eigenvalue weighted by Crippen LogP contribution is 2.27. The zero-order valence-electron chi connectivity index (χ0n) is 16.1. The zero-order valence-corrected chi connectivity index (χ0v) is 16.9. The number of amides is 3. The fraction of sp³-hybridized carbons (Fsp3) is 0.824. The van der Waals surface area contributed by atoms with Gasteiger partial charge in [0.1, 0.15) is 6.04 Å². The number of unbranched alkanes of at least 4 members (excludes halogenated alkanes) is 1. The van der Waals surface area contributed by atoms with E-state index in [0.717, 1.165) is 12.8 Å². The number of primary amides is 1. The molecule has 1 aliphatic heterocycles. The maximum Gasteiger partial charge on any atom is 0.240 e. The minimum absolute atomic E-state index is 0.0633. The molecule has 0 aromatic rings. The predicted octanol–water partition coefficient (Wildman–Crippen LogP) is 0.364. The van der Waals surface area contributed by atoms with Crippen molar-refractivity contribution in [3.63, 3.8) is 0 Å². The van der Waals surface area contributed by atoms with E-state index in [4.69, 9.17) is 10.5 Å². The van der Waals surface area contributed by atoms with Crippen LogP contribution in [0.15, 0.2) is 0 Å². The number of ether oxygens (including phenoxy) is 1. The summed E-state index contributed by atoms with van der Waals surface area (Å²) in [5.74, 6) is -1.08. The average molecular weight is 414 g/mol. The van der Waals surface area contributed by atoms with Crippen molar-refractivity contribution >= 4 is 34.9 Å². The number of nitrogens with two attached hydrogens (primary N) is 1. The monoisotopic (exact) mass is 414 g/mol. The molecule has 11 heteroatoms. The molecular weight excluding hydrogens is 385 g/mol. The average Bonchev–Trinajstić information content (AvgIpc) is 3.37. The third-order valence-electron chi connectivity index (χ3n) is 4.86. The van der Waals surface area contributed by atoms with Gasteiger partial charge >= 0.3 is 0 Å². The van der Waals surface area contributed by atoms with Crippen LogP contribution in [0.3, 0.4) is 0 Å². The Labute approximate surface area is 167 Å². The van der Waals surface area contributed by atoms with E-state index in [1.54, 1.807) is 4.90 Å². The van der Waals surface area contributed by atoms with Crippen molar-refractivity contribution in [2.45, 2.75) is 69.0 Å². The van der Waals surface area contributed by atoms with Crippen LogP contribution in [-0.4, -0.2) is 69.3 Å². The number of hydrogen-bond acceptors (Lipinski definition) is 6. The van der Waals surface area contributed by atoms with E-state index >= 15 is 0 Å². The lowest BCUT2D eigenvalue weighted by molar-refractivity contribution is -0.137. The first kappa shape index (κ1) is 22.7. The van der Waals surface area contributed by atoms with Crippen molar-refractivity contribution < 1.29 is 27.5 Å². The van der Waals surface area contributed by atoms with Gasteiger partial charge in [-0.2, -0.15) is 0 Å². The van der Waals surface area contributed by atoms with Crippen LogP contribution in [0.4, 0.5) is 4.79 Å². The predicted molar refractivity (Wildman–Crippen MR) is 104 cm³/mol. The van der Waals surface area contributed by atoms with E-state index < -0.39 is 33.0 Å². The van der Waals surface area contributed by atoms with E-state index in [1.807, 2.05) is 0 Å². The van der Waals surface area contributed by atoms with Gasteiger partial charge in [-0.25, -0.2) is 8.42 Å². The molecule has 0 bridgehead atoms. The largest absolute Gasteiger partial charge is 0.381 e. The van der Waals surface area contributed by atoms with Crippen LogP contribution in [0, 0.1) is 0 Å². The molecule has 0 aromatic heterocycles. The lowest BCUT2D eigenvalue weighted by Crippen LogP contribution is -2.43. The Morgan fingerprint density at radius 3 is 2.50 bits per heavy atom. The minimum atomic E-state index is -3.48. The number of nitrogens with one attached hydrogen (secondary N) is 1. The molecule has 2 fully saturated rings. The van der Waals surface area contributed by atoms with Gasteiger partial charge in [0.05, 0.1) is 5.25 Å². The second-order valence-electron chi connectivity index (χ2n) is 7.27. The number of likely N-dealkylation sites (tertiary alicyclic amines) is 1. The van der Waals surface area contributed by atoms with E-state index in [2.05, 4.69) is 4.72 Å². The highest BCUT2D eigenvalue weighted by molar-refractivity contribution is 7.91. The molecule has 1 radical (unpaired) electrons. The minimum Gasteiger partial charge on any atom is -0.381 e. The Morgan fingerprint density at radius 1 is 1.11 bits per heavy atom. The third-order valence-corrected chi connectivity index (χ3v) is 6.69. The second kappa shape index (κ2) is 10.8. The van der Waals surface area contributed by atoms with Crippen LogP contribution < -0.4 is 10.5 Å². The number of carbonyl (C=O) groups excluding carboxylic acids is 3. The van der Waals surface area contributed by atoms with Crippen molar-refractivity contribution in [2.75, 3.05) is 19.8 Å². The van der Waals surface area contributed by atoms with Gasteiger partial charge in [0.25, 0.3) is 0 Å². The number of rotatable bonds is 13. The van der Waals surface area contributed by atoms with Crippen LogP contribution in [0.5, 0.6) is 0 Å². The van der Waals surface area contributed by atoms with Gasteiger partial charge in [0.15, 0.2) is 5.81 Å². The first-order valence-electron chi connectivity index (χ1n) is 9.86. The molecule has 28 heavy (non-hydrogen) atoms. The van der Waals surface area contributed by atoms with E-state index in [9.17, 15) is 22.8 Å². The molecule has 9 nitrogen and oxygen atoms in total. The molecule has 0 spiro atoms. The molecule has 3 amide bonds. The number of sulfonamides is 1. The van der Waals surface area contributed by atoms with E-state index in [0.29, 0.717) is 64.6 Å². The SMILES string of the molecule is NC(=O)[C@@H]1CCCN1C(=O)CCCOCCCC[B]C(=O)NS(=O)(=O)C1CC1. The summed E-state index contributed by atoms with van der Waals surface area (Å²) in [5, 5.41) is -0.405. The van der Waals surface area contributed by atoms with Gasteiger partial charge < -0.3 is 15.4 Å². The lowest BCUT2D eigenvalue weighted by atomic mass is 9.72. The van der Waals surface area contributed by atoms with Crippen LogP contribution in [-0.2, 0) is 24.3 Å². The highest BCUT2D eigenvalue weighted by atomic mass is 32.2. The quantitative estimate of drug-likeness (QED) is 0.330. The molecule has 2 rings (SSSR count). The summed E-state index contributed by atoms with van der Waals surface area (Å²) in [6.07, 6.45) is 5.52. The molecule has 0 aromatic carbocycles. The molecule has 1 saturated carbocycles. The number of nitrogens with zero attached hydrogens (tertiary/aromatic N) is 1. The fourth-order valence-corrected chi connectivity index (χ4v) is 4.44. The Hall–Kier alpha value is -1.62. The normalized spacial score (nSPS) is 19.4. The molecular formula is C17H29BN3O6S. The maximum absolute atomic E-state index is 12.1. The van der Waals surface area contributed by atoms with Crippen LogP contribution in [0.1, 0.15) is 51.4 Å². The van der Waals surface area contributed by atoms with Crippen molar-refractivity contribution in [1.29, 1.82) is 0 Å². The Kier molecular flexibility index (Phi) is 8.74. The summed E-state index contributed by atoms with van der Waals surface area (Å²) in [6.45, 7) is 1.54. The zero-order chi connectivity index (χ0) is 20.6. The van der Waals surface area contributed by atoms with Crippen LogP contribution in [0.25, 0.3) is 0 Å². The van der Waals surface area contributed by atoms with Crippen molar-refractivity contribution in [1.82, 2.24) is 9.62 Å². The van der Waals surface area contributed by atoms with Crippen molar-refractivity contribution in [3.8, 4) is 0 Å². The molecule has 1 aliphatic carbocycles. The van der Waals surface area contributed by atoms with Gasteiger partial charge in [-0.05, 0) is 38.5 Å². The second-order valence-corrected chi connectivity index (χ2v) is 9.23. The number of hydrogen-bond donors (Lipinski definition) is 2. The van der Waals surface area contributed by atoms with E-state index in [-0.39, 0.29) is 5.91 Å². The lowest BCUT2D eigenvalue weighted by Gasteiger charge is -2.22. The maximum atomic E-state index is 12.1. The highest BCUT2D eigenvalue weighted by Gasteiger charge is 2.36. The number of carbonyl (C=O) groups is 3. The van der Waals surface area contributed by atoms with Gasteiger partial charge in [-0.1, -0.05) is 12.7 Å². The molecule has 0 unspecified atom stereocenters. The molecule has 1 heterocycles. The first-order valence-corrected chi connectivity index (χ1v) is 11.4. The Bertz CT molecular complexity index is 668. The summed E-state index contributed by atoms with van der Waals surface area (Å²) >= 11 is 0. The summed E-state index contributed by atoms with van der Waals surface area (Å²) in [6, 6.07) is -0.471. The molecule has 2 aliphatic rings.